The lowest BCUT2D eigenvalue weighted by Gasteiger charge is -2.28. The van der Waals surface area contributed by atoms with E-state index >= 15 is 0 Å². The van der Waals surface area contributed by atoms with Crippen LogP contribution in [-0.2, 0) is 11.2 Å². The maximum atomic E-state index is 12.2. The smallest absolute Gasteiger partial charge is 0.264 e. The van der Waals surface area contributed by atoms with Gasteiger partial charge in [-0.15, -0.1) is 5.06 Å². The summed E-state index contributed by atoms with van der Waals surface area (Å²) in [5.74, 6) is 0.500. The van der Waals surface area contributed by atoms with Crippen LogP contribution in [-0.4, -0.2) is 5.91 Å². The maximum Gasteiger partial charge on any atom is 0.264 e. The lowest BCUT2D eigenvalue weighted by atomic mass is 10.1. The van der Waals surface area contributed by atoms with Crippen molar-refractivity contribution >= 4 is 57.4 Å². The molecular formula is C14H8Cl2INO2. The average Bonchev–Trinajstić information content (AvgIpc) is 2.38. The highest BCUT2D eigenvalue weighted by atomic mass is 127. The molecule has 1 amide bonds. The second-order valence-corrected chi connectivity index (χ2v) is 6.39. The molecule has 0 saturated carbocycles. The fraction of sp³-hybridized carbons (Fsp3) is 0.0714. The van der Waals surface area contributed by atoms with Crippen molar-refractivity contribution < 1.29 is 9.63 Å². The third-order valence-electron chi connectivity index (χ3n) is 2.91. The molecule has 0 N–H and O–H groups in total. The lowest BCUT2D eigenvalue weighted by Crippen LogP contribution is -2.39. The Morgan fingerprint density at radius 3 is 2.70 bits per heavy atom. The molecule has 0 unspecified atom stereocenters. The first-order valence-corrected chi connectivity index (χ1v) is 7.62. The molecular weight excluding hydrogens is 412 g/mol. The molecule has 0 saturated heterocycles. The Labute approximate surface area is 139 Å². The maximum absolute atomic E-state index is 12.2. The van der Waals surface area contributed by atoms with Crippen LogP contribution in [0.3, 0.4) is 0 Å². The Morgan fingerprint density at radius 1 is 1.15 bits per heavy atom. The number of amides is 1. The van der Waals surface area contributed by atoms with E-state index in [-0.39, 0.29) is 12.3 Å². The van der Waals surface area contributed by atoms with Gasteiger partial charge < -0.3 is 4.84 Å². The Hall–Kier alpha value is -0.980. The van der Waals surface area contributed by atoms with Crippen LogP contribution in [0.1, 0.15) is 5.56 Å². The minimum absolute atomic E-state index is 0.163. The molecule has 3 nitrogen and oxygen atoms in total. The van der Waals surface area contributed by atoms with E-state index in [9.17, 15) is 4.79 Å². The summed E-state index contributed by atoms with van der Waals surface area (Å²) >= 11 is 14.2. The van der Waals surface area contributed by atoms with Gasteiger partial charge in [-0.05, 0) is 59.0 Å². The van der Waals surface area contributed by atoms with Crippen molar-refractivity contribution in [1.29, 1.82) is 0 Å². The number of rotatable bonds is 1. The normalized spacial score (nSPS) is 13.9. The summed E-state index contributed by atoms with van der Waals surface area (Å²) in [5, 5.41) is 2.10. The molecule has 0 spiro atoms. The number of benzene rings is 2. The number of carbonyl (C=O) groups excluding carboxylic acids is 1. The average molecular weight is 420 g/mol. The highest BCUT2D eigenvalue weighted by molar-refractivity contribution is 14.1. The molecule has 1 aliphatic rings. The lowest BCUT2D eigenvalue weighted by molar-refractivity contribution is -0.123. The van der Waals surface area contributed by atoms with Gasteiger partial charge in [-0.3, -0.25) is 4.79 Å². The van der Waals surface area contributed by atoms with Gasteiger partial charge in [-0.2, -0.15) is 0 Å². The number of fused-ring (bicyclic) bond motifs is 1. The van der Waals surface area contributed by atoms with E-state index in [0.29, 0.717) is 21.5 Å². The Bertz CT molecular complexity index is 706. The van der Waals surface area contributed by atoms with Gasteiger partial charge in [0.05, 0.1) is 11.4 Å². The molecule has 0 fully saturated rings. The second-order valence-electron chi connectivity index (χ2n) is 4.30. The third-order valence-corrected chi connectivity index (χ3v) is 4.12. The van der Waals surface area contributed by atoms with Gasteiger partial charge in [0.15, 0.2) is 5.75 Å². The third kappa shape index (κ3) is 2.60. The molecule has 0 aliphatic carbocycles. The molecule has 2 aromatic rings. The number of halogens is 3. The summed E-state index contributed by atoms with van der Waals surface area (Å²) in [6.07, 6.45) is 0.283. The van der Waals surface area contributed by atoms with Gasteiger partial charge in [0.2, 0.25) is 0 Å². The first-order valence-electron chi connectivity index (χ1n) is 5.79. The van der Waals surface area contributed by atoms with E-state index in [4.69, 9.17) is 28.0 Å². The van der Waals surface area contributed by atoms with Crippen LogP contribution in [0.25, 0.3) is 0 Å². The van der Waals surface area contributed by atoms with E-state index in [1.807, 2.05) is 18.2 Å². The number of nitrogens with zero attached hydrogens (tertiary/aromatic N) is 1. The number of anilines is 1. The van der Waals surface area contributed by atoms with Gasteiger partial charge in [0, 0.05) is 14.2 Å². The quantitative estimate of drug-likeness (QED) is 0.637. The summed E-state index contributed by atoms with van der Waals surface area (Å²) in [6.45, 7) is 0. The molecule has 3 rings (SSSR count). The molecule has 1 aliphatic heterocycles. The van der Waals surface area contributed by atoms with E-state index < -0.39 is 0 Å². The second kappa shape index (κ2) is 5.42. The predicted octanol–water partition coefficient (Wildman–Crippen LogP) is 4.48. The van der Waals surface area contributed by atoms with Crippen LogP contribution < -0.4 is 9.90 Å². The Balaban J connectivity index is 2.00. The number of hydrogen-bond donors (Lipinski definition) is 0. The standard InChI is InChI=1S/C14H8Cl2INO2/c15-9-1-3-12(11(16)7-9)18-14(19)6-8-5-10(17)2-4-13(8)20-18/h1-5,7H,6H2. The minimum Gasteiger partial charge on any atom is -0.372 e. The molecule has 102 valence electrons. The van der Waals surface area contributed by atoms with Crippen molar-refractivity contribution in [2.24, 2.45) is 0 Å². The predicted molar refractivity (Wildman–Crippen MR) is 87.4 cm³/mol. The van der Waals surface area contributed by atoms with Crippen LogP contribution in [0.4, 0.5) is 5.69 Å². The zero-order chi connectivity index (χ0) is 14.3. The van der Waals surface area contributed by atoms with Crippen LogP contribution >= 0.6 is 45.8 Å². The van der Waals surface area contributed by atoms with Crippen molar-refractivity contribution in [3.05, 3.63) is 55.6 Å². The fourth-order valence-electron chi connectivity index (χ4n) is 1.99. The van der Waals surface area contributed by atoms with Gasteiger partial charge in [-0.25, -0.2) is 0 Å². The number of hydrogen-bond acceptors (Lipinski definition) is 2. The zero-order valence-corrected chi connectivity index (χ0v) is 13.7. The summed E-state index contributed by atoms with van der Waals surface area (Å²) in [4.78, 5) is 17.9. The molecule has 0 aromatic heterocycles. The van der Waals surface area contributed by atoms with Gasteiger partial charge >= 0.3 is 0 Å². The molecule has 0 bridgehead atoms. The highest BCUT2D eigenvalue weighted by Crippen LogP contribution is 2.34. The number of carbonyl (C=O) groups is 1. The van der Waals surface area contributed by atoms with E-state index in [1.54, 1.807) is 18.2 Å². The van der Waals surface area contributed by atoms with Crippen molar-refractivity contribution in [1.82, 2.24) is 0 Å². The van der Waals surface area contributed by atoms with E-state index in [2.05, 4.69) is 22.6 Å². The van der Waals surface area contributed by atoms with E-state index in [1.165, 1.54) is 5.06 Å². The molecule has 6 heteroatoms. The van der Waals surface area contributed by atoms with Crippen molar-refractivity contribution in [3.63, 3.8) is 0 Å². The first-order chi connectivity index (χ1) is 9.54. The highest BCUT2D eigenvalue weighted by Gasteiger charge is 2.28. The SMILES string of the molecule is O=C1Cc2cc(I)ccc2ON1c1ccc(Cl)cc1Cl. The van der Waals surface area contributed by atoms with Gasteiger partial charge in [0.25, 0.3) is 5.91 Å². The Kier molecular flexibility index (Phi) is 3.79. The molecule has 0 atom stereocenters. The summed E-state index contributed by atoms with van der Waals surface area (Å²) < 4.78 is 1.07. The van der Waals surface area contributed by atoms with Gasteiger partial charge in [-0.1, -0.05) is 23.2 Å². The molecule has 0 radical (unpaired) electrons. The summed E-state index contributed by atoms with van der Waals surface area (Å²) in [5.41, 5.74) is 1.37. The first kappa shape index (κ1) is 14.0. The van der Waals surface area contributed by atoms with Crippen molar-refractivity contribution in [3.8, 4) is 5.75 Å². The van der Waals surface area contributed by atoms with E-state index in [0.717, 1.165) is 9.13 Å². The topological polar surface area (TPSA) is 29.5 Å². The number of hydroxylamine groups is 1. The largest absolute Gasteiger partial charge is 0.372 e. The molecule has 20 heavy (non-hydrogen) atoms. The monoisotopic (exact) mass is 419 g/mol. The van der Waals surface area contributed by atoms with Crippen LogP contribution in [0, 0.1) is 3.57 Å². The fourth-order valence-corrected chi connectivity index (χ4v) is 3.03. The molecule has 1 heterocycles. The van der Waals surface area contributed by atoms with Crippen LogP contribution in [0.2, 0.25) is 10.0 Å². The molecule has 2 aromatic carbocycles. The van der Waals surface area contributed by atoms with Crippen LogP contribution in [0.15, 0.2) is 36.4 Å². The zero-order valence-electron chi connectivity index (χ0n) is 10.1. The van der Waals surface area contributed by atoms with Crippen LogP contribution in [0.5, 0.6) is 5.75 Å². The summed E-state index contributed by atoms with van der Waals surface area (Å²) in [7, 11) is 0. The van der Waals surface area contributed by atoms with Crippen molar-refractivity contribution in [2.45, 2.75) is 6.42 Å². The summed E-state index contributed by atoms with van der Waals surface area (Å²) in [6, 6.07) is 10.6. The minimum atomic E-state index is -0.163. The Morgan fingerprint density at radius 2 is 1.95 bits per heavy atom. The van der Waals surface area contributed by atoms with Crippen molar-refractivity contribution in [2.75, 3.05) is 5.06 Å². The van der Waals surface area contributed by atoms with Gasteiger partial charge in [0.1, 0.15) is 5.69 Å².